The van der Waals surface area contributed by atoms with E-state index < -0.39 is 0 Å². The topological polar surface area (TPSA) is 51.2 Å². The van der Waals surface area contributed by atoms with Gasteiger partial charge in [0.05, 0.1) is 11.5 Å². The summed E-state index contributed by atoms with van der Waals surface area (Å²) in [5, 5.41) is 2.60. The molecule has 0 bridgehead atoms. The van der Waals surface area contributed by atoms with Gasteiger partial charge in [0.25, 0.3) is 5.91 Å². The highest BCUT2D eigenvalue weighted by molar-refractivity contribution is 8.26. The zero-order valence-electron chi connectivity index (χ0n) is 13.1. The molecular weight excluding hydrogens is 340 g/mol. The van der Waals surface area contributed by atoms with Gasteiger partial charge in [-0.25, -0.2) is 0 Å². The highest BCUT2D eigenvalue weighted by Crippen LogP contribution is 2.26. The van der Waals surface area contributed by atoms with Crippen LogP contribution >= 0.6 is 24.0 Å². The number of aromatic nitrogens is 1. The molecule has 1 N–H and O–H groups in total. The molecule has 2 aromatic rings. The maximum atomic E-state index is 11.6. The Balaban J connectivity index is 1.56. The number of amides is 1. The van der Waals surface area contributed by atoms with Gasteiger partial charge in [0.15, 0.2) is 0 Å². The van der Waals surface area contributed by atoms with Crippen molar-refractivity contribution >= 4 is 40.3 Å². The summed E-state index contributed by atoms with van der Waals surface area (Å²) < 4.78 is 6.24. The van der Waals surface area contributed by atoms with Crippen LogP contribution < -0.4 is 10.1 Å². The molecule has 24 heavy (non-hydrogen) atoms. The third-order valence-electron chi connectivity index (χ3n) is 3.39. The quantitative estimate of drug-likeness (QED) is 0.656. The number of nitrogens with zero attached hydrogens (tertiary/aromatic N) is 1. The van der Waals surface area contributed by atoms with E-state index in [0.717, 1.165) is 29.1 Å². The van der Waals surface area contributed by atoms with Crippen LogP contribution in [0.25, 0.3) is 6.08 Å². The Morgan fingerprint density at radius 3 is 2.71 bits per heavy atom. The minimum Gasteiger partial charge on any atom is -0.493 e. The fourth-order valence-electron chi connectivity index (χ4n) is 2.24. The van der Waals surface area contributed by atoms with Crippen LogP contribution in [-0.4, -0.2) is 21.8 Å². The maximum absolute atomic E-state index is 11.6. The number of thioether (sulfide) groups is 1. The summed E-state index contributed by atoms with van der Waals surface area (Å²) >= 11 is 6.25. The van der Waals surface area contributed by atoms with Crippen LogP contribution in [0, 0.1) is 6.92 Å². The first kappa shape index (κ1) is 16.7. The molecule has 6 heteroatoms. The summed E-state index contributed by atoms with van der Waals surface area (Å²) in [5.41, 5.74) is 2.97. The lowest BCUT2D eigenvalue weighted by Gasteiger charge is -2.06. The van der Waals surface area contributed by atoms with E-state index in [-0.39, 0.29) is 5.91 Å². The number of benzene rings is 1. The van der Waals surface area contributed by atoms with E-state index >= 15 is 0 Å². The molecule has 1 saturated heterocycles. The molecule has 1 aromatic heterocycles. The molecule has 0 radical (unpaired) electrons. The van der Waals surface area contributed by atoms with Crippen molar-refractivity contribution in [1.82, 2.24) is 10.3 Å². The number of thiocarbonyl (C=S) groups is 1. The van der Waals surface area contributed by atoms with E-state index in [4.69, 9.17) is 17.0 Å². The molecule has 0 atom stereocenters. The maximum Gasteiger partial charge on any atom is 0.263 e. The monoisotopic (exact) mass is 356 g/mol. The number of hydrogen-bond donors (Lipinski definition) is 1. The first-order valence-electron chi connectivity index (χ1n) is 7.50. The molecule has 1 amide bonds. The van der Waals surface area contributed by atoms with Gasteiger partial charge in [-0.15, -0.1) is 0 Å². The van der Waals surface area contributed by atoms with Crippen LogP contribution in [0.5, 0.6) is 5.75 Å². The van der Waals surface area contributed by atoms with Gasteiger partial charge in [0, 0.05) is 17.8 Å². The Hall–Kier alpha value is -2.18. The molecule has 1 fully saturated rings. The first-order valence-corrected chi connectivity index (χ1v) is 8.73. The van der Waals surface area contributed by atoms with Crippen LogP contribution in [0.2, 0.25) is 0 Å². The van der Waals surface area contributed by atoms with E-state index in [1.54, 1.807) is 0 Å². The van der Waals surface area contributed by atoms with E-state index in [9.17, 15) is 4.79 Å². The van der Waals surface area contributed by atoms with Gasteiger partial charge in [-0.3, -0.25) is 9.78 Å². The number of rotatable bonds is 5. The predicted molar refractivity (Wildman–Crippen MR) is 101 cm³/mol. The highest BCUT2D eigenvalue weighted by Gasteiger charge is 2.21. The summed E-state index contributed by atoms with van der Waals surface area (Å²) in [7, 11) is 0. The van der Waals surface area contributed by atoms with Crippen LogP contribution in [0.15, 0.2) is 47.4 Å². The van der Waals surface area contributed by atoms with Crippen molar-refractivity contribution in [2.45, 2.75) is 13.3 Å². The molecule has 2 heterocycles. The Labute approximate surface area is 150 Å². The standard InChI is InChI=1S/C18H16N2O2S2/c1-12-3-2-4-14(19-12)9-10-22-15-7-5-13(6-8-15)11-16-17(21)20-18(23)24-16/h2-8,11H,9-10H2,1H3,(H,20,21,23)/b16-11-. The van der Waals surface area contributed by atoms with Gasteiger partial charge in [-0.2, -0.15) is 0 Å². The third-order valence-corrected chi connectivity index (χ3v) is 4.56. The van der Waals surface area contributed by atoms with Crippen molar-refractivity contribution in [2.75, 3.05) is 6.61 Å². The molecule has 1 aliphatic rings. The molecule has 1 aliphatic heterocycles. The van der Waals surface area contributed by atoms with Crippen molar-refractivity contribution in [3.05, 3.63) is 64.3 Å². The normalized spacial score (nSPS) is 15.6. The number of aryl methyl sites for hydroxylation is 1. The van der Waals surface area contributed by atoms with E-state index in [2.05, 4.69) is 10.3 Å². The van der Waals surface area contributed by atoms with Crippen molar-refractivity contribution in [1.29, 1.82) is 0 Å². The molecule has 0 saturated carbocycles. The lowest BCUT2D eigenvalue weighted by molar-refractivity contribution is -0.115. The minimum atomic E-state index is -0.143. The summed E-state index contributed by atoms with van der Waals surface area (Å²) in [5.74, 6) is 0.653. The van der Waals surface area contributed by atoms with Crippen LogP contribution in [-0.2, 0) is 11.2 Å². The molecule has 4 nitrogen and oxygen atoms in total. The highest BCUT2D eigenvalue weighted by atomic mass is 32.2. The summed E-state index contributed by atoms with van der Waals surface area (Å²) in [6, 6.07) is 13.6. The minimum absolute atomic E-state index is 0.143. The molecule has 0 spiro atoms. The summed E-state index contributed by atoms with van der Waals surface area (Å²) in [6.45, 7) is 2.55. The van der Waals surface area contributed by atoms with E-state index in [1.165, 1.54) is 11.8 Å². The number of nitrogens with one attached hydrogen (secondary N) is 1. The smallest absolute Gasteiger partial charge is 0.263 e. The van der Waals surface area contributed by atoms with Crippen LogP contribution in [0.1, 0.15) is 17.0 Å². The fraction of sp³-hybridized carbons (Fsp3) is 0.167. The van der Waals surface area contributed by atoms with Crippen LogP contribution in [0.4, 0.5) is 0 Å². The number of carbonyl (C=O) groups excluding carboxylic acids is 1. The van der Waals surface area contributed by atoms with E-state index in [1.807, 2.05) is 55.5 Å². The van der Waals surface area contributed by atoms with Gasteiger partial charge in [-0.1, -0.05) is 42.2 Å². The second-order valence-corrected chi connectivity index (χ2v) is 7.01. The lowest BCUT2D eigenvalue weighted by Crippen LogP contribution is -2.17. The number of ether oxygens (including phenoxy) is 1. The summed E-state index contributed by atoms with van der Waals surface area (Å²) in [6.07, 6.45) is 2.58. The van der Waals surface area contributed by atoms with Crippen molar-refractivity contribution in [2.24, 2.45) is 0 Å². The van der Waals surface area contributed by atoms with Gasteiger partial charge < -0.3 is 10.1 Å². The molecule has 0 unspecified atom stereocenters. The van der Waals surface area contributed by atoms with Crippen molar-refractivity contribution in [3.8, 4) is 5.75 Å². The van der Waals surface area contributed by atoms with Gasteiger partial charge in [0.1, 0.15) is 10.1 Å². The molecular formula is C18H16N2O2S2. The zero-order chi connectivity index (χ0) is 16.9. The third kappa shape index (κ3) is 4.43. The SMILES string of the molecule is Cc1cccc(CCOc2ccc(/C=C3\SC(=S)NC3=O)cc2)n1. The van der Waals surface area contributed by atoms with E-state index in [0.29, 0.717) is 15.8 Å². The number of hydrogen-bond acceptors (Lipinski definition) is 5. The van der Waals surface area contributed by atoms with Gasteiger partial charge in [-0.05, 0) is 42.8 Å². The number of pyridine rings is 1. The molecule has 0 aliphatic carbocycles. The predicted octanol–water partition coefficient (Wildman–Crippen LogP) is 3.50. The van der Waals surface area contributed by atoms with Crippen molar-refractivity contribution in [3.63, 3.8) is 0 Å². The summed E-state index contributed by atoms with van der Waals surface area (Å²) in [4.78, 5) is 16.7. The second kappa shape index (κ2) is 7.59. The Morgan fingerprint density at radius 2 is 2.04 bits per heavy atom. The van der Waals surface area contributed by atoms with Gasteiger partial charge in [0.2, 0.25) is 0 Å². The Morgan fingerprint density at radius 1 is 1.25 bits per heavy atom. The fourth-order valence-corrected chi connectivity index (χ4v) is 3.29. The first-order chi connectivity index (χ1) is 11.6. The molecule has 122 valence electrons. The van der Waals surface area contributed by atoms with Crippen LogP contribution in [0.3, 0.4) is 0 Å². The Bertz CT molecular complexity index is 801. The van der Waals surface area contributed by atoms with Gasteiger partial charge >= 0.3 is 0 Å². The van der Waals surface area contributed by atoms with Crippen molar-refractivity contribution < 1.29 is 9.53 Å². The average Bonchev–Trinajstić information content (AvgIpc) is 2.87. The molecule has 1 aromatic carbocycles. The lowest BCUT2D eigenvalue weighted by atomic mass is 10.2. The molecule has 3 rings (SSSR count). The average molecular weight is 356 g/mol. The number of carbonyl (C=O) groups is 1. The second-order valence-electron chi connectivity index (χ2n) is 5.29. The largest absolute Gasteiger partial charge is 0.493 e. The Kier molecular flexibility index (Phi) is 5.27. The zero-order valence-corrected chi connectivity index (χ0v) is 14.7.